The van der Waals surface area contributed by atoms with E-state index in [1.54, 1.807) is 19.3 Å². The number of amides is 1. The topological polar surface area (TPSA) is 83.8 Å². The third kappa shape index (κ3) is 2.48. The van der Waals surface area contributed by atoms with Gasteiger partial charge in [-0.2, -0.15) is 5.10 Å². The van der Waals surface area contributed by atoms with E-state index >= 15 is 0 Å². The van der Waals surface area contributed by atoms with Crippen molar-refractivity contribution in [1.82, 2.24) is 15.5 Å². The van der Waals surface area contributed by atoms with Crippen LogP contribution in [0.1, 0.15) is 21.5 Å². The van der Waals surface area contributed by atoms with E-state index < -0.39 is 11.7 Å². The van der Waals surface area contributed by atoms with Crippen molar-refractivity contribution in [1.29, 1.82) is 0 Å². The zero-order chi connectivity index (χ0) is 13.1. The van der Waals surface area contributed by atoms with Crippen LogP contribution in [0.2, 0.25) is 0 Å². The first kappa shape index (κ1) is 12.1. The predicted octanol–water partition coefficient (Wildman–Crippen LogP) is 1.37. The van der Waals surface area contributed by atoms with Crippen LogP contribution in [0, 0.1) is 12.7 Å². The third-order valence-electron chi connectivity index (χ3n) is 2.53. The second-order valence-electron chi connectivity index (χ2n) is 3.99. The minimum Gasteiger partial charge on any atom is -0.399 e. The highest BCUT2D eigenvalue weighted by Gasteiger charge is 2.14. The Hall–Kier alpha value is -2.37. The Bertz CT molecular complexity index is 566. The minimum absolute atomic E-state index is 0.0454. The fourth-order valence-electron chi connectivity index (χ4n) is 1.61. The van der Waals surface area contributed by atoms with Crippen molar-refractivity contribution in [2.75, 3.05) is 5.73 Å². The van der Waals surface area contributed by atoms with Gasteiger partial charge in [0.1, 0.15) is 5.82 Å². The van der Waals surface area contributed by atoms with Crippen LogP contribution in [0.5, 0.6) is 0 Å². The number of aromatic amines is 1. The second kappa shape index (κ2) is 4.87. The molecule has 2 rings (SSSR count). The lowest BCUT2D eigenvalue weighted by Crippen LogP contribution is -2.24. The summed E-state index contributed by atoms with van der Waals surface area (Å²) in [6.45, 7) is 1.85. The molecule has 5 nitrogen and oxygen atoms in total. The van der Waals surface area contributed by atoms with E-state index in [9.17, 15) is 9.18 Å². The number of benzene rings is 1. The molecule has 1 amide bonds. The van der Waals surface area contributed by atoms with Gasteiger partial charge in [0.05, 0.1) is 11.8 Å². The van der Waals surface area contributed by atoms with Crippen LogP contribution in [-0.4, -0.2) is 16.1 Å². The van der Waals surface area contributed by atoms with E-state index in [1.807, 2.05) is 0 Å². The number of carbonyl (C=O) groups is 1. The van der Waals surface area contributed by atoms with Crippen molar-refractivity contribution < 1.29 is 9.18 Å². The molecule has 0 aliphatic rings. The zero-order valence-electron chi connectivity index (χ0n) is 9.83. The molecular formula is C12H13FN4O. The summed E-state index contributed by atoms with van der Waals surface area (Å²) in [6, 6.07) is 2.81. The van der Waals surface area contributed by atoms with Gasteiger partial charge in [-0.1, -0.05) is 0 Å². The lowest BCUT2D eigenvalue weighted by molar-refractivity contribution is 0.0946. The SMILES string of the molecule is Cc1cc(N)cc(C(=O)NCc2cn[nH]c2)c1F. The number of aryl methyl sites for hydroxylation is 1. The van der Waals surface area contributed by atoms with E-state index in [0.29, 0.717) is 11.3 Å². The number of aromatic nitrogens is 2. The maximum atomic E-state index is 13.8. The van der Waals surface area contributed by atoms with Gasteiger partial charge in [-0.05, 0) is 24.6 Å². The number of nitrogens with zero attached hydrogens (tertiary/aromatic N) is 1. The molecule has 1 aromatic carbocycles. The molecule has 0 aliphatic carbocycles. The van der Waals surface area contributed by atoms with Gasteiger partial charge in [0.15, 0.2) is 0 Å². The largest absolute Gasteiger partial charge is 0.399 e. The summed E-state index contributed by atoms with van der Waals surface area (Å²) in [6.07, 6.45) is 3.24. The molecule has 2 aromatic rings. The normalized spacial score (nSPS) is 10.3. The highest BCUT2D eigenvalue weighted by molar-refractivity contribution is 5.95. The third-order valence-corrected chi connectivity index (χ3v) is 2.53. The molecule has 0 saturated heterocycles. The number of hydrogen-bond donors (Lipinski definition) is 3. The first-order valence-corrected chi connectivity index (χ1v) is 5.39. The summed E-state index contributed by atoms with van der Waals surface area (Å²) in [5.41, 5.74) is 7.07. The molecule has 0 spiro atoms. The number of rotatable bonds is 3. The Morgan fingerprint density at radius 2 is 2.33 bits per heavy atom. The van der Waals surface area contributed by atoms with Gasteiger partial charge in [-0.3, -0.25) is 9.89 Å². The average molecular weight is 248 g/mol. The van der Waals surface area contributed by atoms with Crippen molar-refractivity contribution in [2.45, 2.75) is 13.5 Å². The molecule has 0 aliphatic heterocycles. The van der Waals surface area contributed by atoms with Crippen LogP contribution >= 0.6 is 0 Å². The molecule has 94 valence electrons. The van der Waals surface area contributed by atoms with Crippen LogP contribution in [0.25, 0.3) is 0 Å². The molecule has 0 bridgehead atoms. The van der Waals surface area contributed by atoms with Gasteiger partial charge in [0.2, 0.25) is 0 Å². The number of H-pyrrole nitrogens is 1. The van der Waals surface area contributed by atoms with Gasteiger partial charge in [0, 0.05) is 24.0 Å². The van der Waals surface area contributed by atoms with Gasteiger partial charge in [0.25, 0.3) is 5.91 Å². The summed E-state index contributed by atoms with van der Waals surface area (Å²) in [4.78, 5) is 11.8. The summed E-state index contributed by atoms with van der Waals surface area (Å²) in [5, 5.41) is 8.98. The van der Waals surface area contributed by atoms with Gasteiger partial charge in [-0.25, -0.2) is 4.39 Å². The van der Waals surface area contributed by atoms with Crippen molar-refractivity contribution in [3.05, 3.63) is 47.0 Å². The van der Waals surface area contributed by atoms with Crippen molar-refractivity contribution in [3.8, 4) is 0 Å². The quantitative estimate of drug-likeness (QED) is 0.717. The lowest BCUT2D eigenvalue weighted by Gasteiger charge is -2.08. The molecule has 18 heavy (non-hydrogen) atoms. The average Bonchev–Trinajstić information content (AvgIpc) is 2.83. The van der Waals surface area contributed by atoms with Crippen LogP contribution in [-0.2, 0) is 6.54 Å². The highest BCUT2D eigenvalue weighted by atomic mass is 19.1. The number of halogens is 1. The zero-order valence-corrected chi connectivity index (χ0v) is 9.83. The first-order valence-electron chi connectivity index (χ1n) is 5.39. The Kier molecular flexibility index (Phi) is 3.27. The number of hydrogen-bond acceptors (Lipinski definition) is 3. The van der Waals surface area contributed by atoms with Gasteiger partial charge >= 0.3 is 0 Å². The second-order valence-corrected chi connectivity index (χ2v) is 3.99. The number of nitrogens with two attached hydrogens (primary N) is 1. The summed E-state index contributed by atoms with van der Waals surface area (Å²) >= 11 is 0. The van der Waals surface area contributed by atoms with E-state index in [2.05, 4.69) is 15.5 Å². The molecule has 0 unspecified atom stereocenters. The summed E-state index contributed by atoms with van der Waals surface area (Å²) in [5.74, 6) is -1.04. The van der Waals surface area contributed by atoms with E-state index in [0.717, 1.165) is 5.56 Å². The number of carbonyl (C=O) groups excluding carboxylic acids is 1. The molecule has 0 atom stereocenters. The molecule has 0 fully saturated rings. The van der Waals surface area contributed by atoms with E-state index in [-0.39, 0.29) is 12.1 Å². The van der Waals surface area contributed by atoms with Crippen LogP contribution in [0.15, 0.2) is 24.5 Å². The van der Waals surface area contributed by atoms with Crippen molar-refractivity contribution in [2.24, 2.45) is 0 Å². The smallest absolute Gasteiger partial charge is 0.254 e. The standard InChI is InChI=1S/C12H13FN4O/c1-7-2-9(14)3-10(11(7)13)12(18)15-4-8-5-16-17-6-8/h2-3,5-6H,4,14H2,1H3,(H,15,18)(H,16,17). The fraction of sp³-hybridized carbons (Fsp3) is 0.167. The Balaban J connectivity index is 2.14. The van der Waals surface area contributed by atoms with Gasteiger partial charge < -0.3 is 11.1 Å². The molecule has 1 heterocycles. The summed E-state index contributed by atoms with van der Waals surface area (Å²) < 4.78 is 13.8. The first-order chi connectivity index (χ1) is 8.58. The molecule has 1 aromatic heterocycles. The maximum absolute atomic E-state index is 13.8. The Morgan fingerprint density at radius 1 is 1.56 bits per heavy atom. The highest BCUT2D eigenvalue weighted by Crippen LogP contribution is 2.17. The maximum Gasteiger partial charge on any atom is 0.254 e. The van der Waals surface area contributed by atoms with Gasteiger partial charge in [-0.15, -0.1) is 0 Å². The minimum atomic E-state index is -0.547. The monoisotopic (exact) mass is 248 g/mol. The van der Waals surface area contributed by atoms with Crippen molar-refractivity contribution >= 4 is 11.6 Å². The van der Waals surface area contributed by atoms with E-state index in [1.165, 1.54) is 12.1 Å². The number of nitrogens with one attached hydrogen (secondary N) is 2. The van der Waals surface area contributed by atoms with Crippen molar-refractivity contribution in [3.63, 3.8) is 0 Å². The molecular weight excluding hydrogens is 235 g/mol. The number of nitrogen functional groups attached to an aromatic ring is 1. The molecule has 0 saturated carbocycles. The predicted molar refractivity (Wildman–Crippen MR) is 65.3 cm³/mol. The molecule has 6 heteroatoms. The van der Waals surface area contributed by atoms with Crippen LogP contribution < -0.4 is 11.1 Å². The van der Waals surface area contributed by atoms with Crippen LogP contribution in [0.3, 0.4) is 0 Å². The molecule has 4 N–H and O–H groups in total. The Morgan fingerprint density at radius 3 is 3.00 bits per heavy atom. The lowest BCUT2D eigenvalue weighted by atomic mass is 10.1. The van der Waals surface area contributed by atoms with Crippen LogP contribution in [0.4, 0.5) is 10.1 Å². The van der Waals surface area contributed by atoms with E-state index in [4.69, 9.17) is 5.73 Å². The number of anilines is 1. The summed E-state index contributed by atoms with van der Waals surface area (Å²) in [7, 11) is 0. The Labute approximate surface area is 103 Å². The fourth-order valence-corrected chi connectivity index (χ4v) is 1.61. The molecule has 0 radical (unpaired) electrons.